The van der Waals surface area contributed by atoms with Gasteiger partial charge < -0.3 is 30.6 Å². The van der Waals surface area contributed by atoms with E-state index in [0.717, 1.165) is 0 Å². The maximum atomic E-state index is 9.53. The van der Waals surface area contributed by atoms with Crippen molar-refractivity contribution in [3.63, 3.8) is 0 Å². The van der Waals surface area contributed by atoms with Gasteiger partial charge in [0.1, 0.15) is 0 Å². The summed E-state index contributed by atoms with van der Waals surface area (Å²) < 4.78 is 0. The molecule has 0 saturated heterocycles. The van der Waals surface area contributed by atoms with Crippen LogP contribution in [-0.2, 0) is 0 Å². The molecule has 0 fully saturated rings. The van der Waals surface area contributed by atoms with Gasteiger partial charge >= 0.3 is 83.5 Å². The average Bonchev–Trinajstić information content (AvgIpc) is 2.08. The normalized spacial score (nSPS) is 8.31. The van der Waals surface area contributed by atoms with Gasteiger partial charge in [-0.25, -0.2) is 0 Å². The van der Waals surface area contributed by atoms with Gasteiger partial charge in [0, 0.05) is 0 Å². The van der Waals surface area contributed by atoms with E-state index in [0.29, 0.717) is 0 Å². The second-order valence-electron chi connectivity index (χ2n) is 6.29. The quantitative estimate of drug-likeness (QED) is 0.319. The van der Waals surface area contributed by atoms with Gasteiger partial charge in [0.2, 0.25) is 0 Å². The minimum atomic E-state index is -0.417. The Bertz CT molecular complexity index is 105. The predicted octanol–water partition coefficient (Wildman–Crippen LogP) is -1.47. The molecule has 6 nitrogen and oxygen atoms in total. The Morgan fingerprint density at radius 3 is 0.269 bits per heavy atom. The molecule has 158 valence electrons. The van der Waals surface area contributed by atoms with Crippen molar-refractivity contribution in [1.29, 1.82) is 0 Å². The summed E-state index contributed by atoms with van der Waals surface area (Å²) in [6, 6.07) is 0. The number of hydrogen-bond donors (Lipinski definition) is 0. The maximum absolute atomic E-state index is 9.53. The number of rotatable bonds is 0. The van der Waals surface area contributed by atoms with Gasteiger partial charge in [0.15, 0.2) is 0 Å². The van der Waals surface area contributed by atoms with Crippen molar-refractivity contribution in [2.45, 2.75) is 120 Å². The molecule has 8 heteroatoms. The van der Waals surface area contributed by atoms with Gasteiger partial charge in [-0.1, -0.05) is 83.1 Å². The fraction of sp³-hybridized carbons (Fsp3) is 1.00. The van der Waals surface area contributed by atoms with E-state index in [4.69, 9.17) is 0 Å². The van der Waals surface area contributed by atoms with E-state index in [9.17, 15) is 30.6 Å². The molecule has 0 rings (SSSR count). The molecule has 0 aliphatic carbocycles. The minimum absolute atomic E-state index is 0. The fourth-order valence-corrected chi connectivity index (χ4v) is 0. The molecule has 0 heterocycles. The third-order valence-corrected chi connectivity index (χ3v) is 0. The summed E-state index contributed by atoms with van der Waals surface area (Å²) in [5, 5.41) is 57.2. The molecule has 0 aliphatic heterocycles. The van der Waals surface area contributed by atoms with E-state index >= 15 is 0 Å². The summed E-state index contributed by atoms with van der Waals surface area (Å²) in [5.74, 6) is 0. The number of hydrogen-bond acceptors (Lipinski definition) is 6. The first-order chi connectivity index (χ1) is 10.4. The van der Waals surface area contributed by atoms with E-state index < -0.39 is 36.6 Å². The second-order valence-corrected chi connectivity index (χ2v) is 6.29. The van der Waals surface area contributed by atoms with Gasteiger partial charge in [0.25, 0.3) is 0 Å². The zero-order valence-corrected chi connectivity index (χ0v) is 25.2. The van der Waals surface area contributed by atoms with E-state index in [1.807, 2.05) is 0 Å². The first kappa shape index (κ1) is 51.3. The zero-order chi connectivity index (χ0) is 21.5. The Labute approximate surface area is 231 Å². The molecular weight excluding hydrogens is 592 g/mol. The van der Waals surface area contributed by atoms with Crippen LogP contribution in [0.15, 0.2) is 0 Å². The Balaban J connectivity index is -0.0000000245. The monoisotopic (exact) mass is 634 g/mol. The molecule has 0 aliphatic rings. The smallest absolute Gasteiger partial charge is 0.852 e. The SMILES string of the molecule is CC(C)[O-].CC(C)[O-].CC(C)[O-].CC(C)[O-].CC(C)[O-].CC(C)[O-].[Ce+3].[Ce+3]. The molecule has 0 bridgehead atoms. The van der Waals surface area contributed by atoms with E-state index in [1.165, 1.54) is 0 Å². The first-order valence-corrected chi connectivity index (χ1v) is 8.34. The van der Waals surface area contributed by atoms with Gasteiger partial charge in [-0.15, -0.1) is 36.6 Å². The molecule has 0 atom stereocenters. The van der Waals surface area contributed by atoms with Crippen LogP contribution in [-0.4, -0.2) is 36.6 Å². The van der Waals surface area contributed by atoms with Crippen LogP contribution in [0.1, 0.15) is 83.1 Å². The van der Waals surface area contributed by atoms with Crippen LogP contribution < -0.4 is 30.6 Å². The molecule has 0 saturated carbocycles. The van der Waals surface area contributed by atoms with Crippen LogP contribution in [0.2, 0.25) is 0 Å². The van der Waals surface area contributed by atoms with Crippen LogP contribution >= 0.6 is 0 Å². The van der Waals surface area contributed by atoms with Crippen molar-refractivity contribution >= 4 is 0 Å². The van der Waals surface area contributed by atoms with Crippen LogP contribution in [0.5, 0.6) is 0 Å². The molecule has 0 unspecified atom stereocenters. The Morgan fingerprint density at radius 1 is 0.269 bits per heavy atom. The van der Waals surface area contributed by atoms with E-state index in [1.54, 1.807) is 83.1 Å². The molecule has 0 N–H and O–H groups in total. The van der Waals surface area contributed by atoms with Crippen molar-refractivity contribution < 1.29 is 114 Å². The van der Waals surface area contributed by atoms with Crippen molar-refractivity contribution in [1.82, 2.24) is 0 Å². The van der Waals surface area contributed by atoms with Crippen LogP contribution in [0.4, 0.5) is 0 Å². The van der Waals surface area contributed by atoms with Gasteiger partial charge in [-0.05, 0) is 0 Å². The third-order valence-electron chi connectivity index (χ3n) is 0. The standard InChI is InChI=1S/6C3H7O.2Ce/c6*1-3(2)4;;/h6*3H,1-2H3;;/q6*-1;2*+3. The van der Waals surface area contributed by atoms with Gasteiger partial charge in [0.05, 0.1) is 0 Å². The fourth-order valence-electron chi connectivity index (χ4n) is 0. The molecule has 0 aromatic carbocycles. The first-order valence-electron chi connectivity index (χ1n) is 8.34. The summed E-state index contributed by atoms with van der Waals surface area (Å²) in [7, 11) is 0. The van der Waals surface area contributed by atoms with Crippen molar-refractivity contribution in [3.05, 3.63) is 0 Å². The zero-order valence-electron chi connectivity index (χ0n) is 18.9. The topological polar surface area (TPSA) is 138 Å². The summed E-state index contributed by atoms with van der Waals surface area (Å²) in [6.07, 6.45) is -2.50. The Kier molecular flexibility index (Phi) is 90.7. The predicted molar refractivity (Wildman–Crippen MR) is 90.8 cm³/mol. The Morgan fingerprint density at radius 2 is 0.269 bits per heavy atom. The summed E-state index contributed by atoms with van der Waals surface area (Å²) in [5.41, 5.74) is 0. The summed E-state index contributed by atoms with van der Waals surface area (Å²) >= 11 is 0. The van der Waals surface area contributed by atoms with Crippen molar-refractivity contribution in [2.75, 3.05) is 0 Å². The van der Waals surface area contributed by atoms with Gasteiger partial charge in [-0.2, -0.15) is 0 Å². The average molecular weight is 635 g/mol. The Hall–Kier alpha value is 2.51. The molecule has 0 aromatic rings. The molecule has 0 aromatic heterocycles. The van der Waals surface area contributed by atoms with Crippen molar-refractivity contribution in [2.24, 2.45) is 0 Å². The van der Waals surface area contributed by atoms with Gasteiger partial charge in [-0.3, -0.25) is 0 Å². The molecule has 26 heavy (non-hydrogen) atoms. The minimum Gasteiger partial charge on any atom is -0.852 e. The largest absolute Gasteiger partial charge is 3.00 e. The van der Waals surface area contributed by atoms with Crippen molar-refractivity contribution in [3.8, 4) is 0 Å². The maximum Gasteiger partial charge on any atom is 3.00 e. The molecule has 0 amide bonds. The van der Waals surface area contributed by atoms with Crippen LogP contribution in [0, 0.1) is 83.5 Å². The molecule has 0 spiro atoms. The third kappa shape index (κ3) is 2730. The second kappa shape index (κ2) is 46.0. The van der Waals surface area contributed by atoms with Crippen LogP contribution in [0.25, 0.3) is 0 Å². The van der Waals surface area contributed by atoms with Crippen LogP contribution in [0.3, 0.4) is 0 Å². The summed E-state index contributed by atoms with van der Waals surface area (Å²) in [6.45, 7) is 19.3. The van der Waals surface area contributed by atoms with E-state index in [2.05, 4.69) is 0 Å². The summed E-state index contributed by atoms with van der Waals surface area (Å²) in [4.78, 5) is 0. The molecule has 2 radical (unpaired) electrons. The molecular formula is C18H42Ce2O6. The van der Waals surface area contributed by atoms with E-state index in [-0.39, 0.29) is 83.5 Å².